The van der Waals surface area contributed by atoms with Crippen LogP contribution in [0.1, 0.15) is 22.3 Å². The lowest BCUT2D eigenvalue weighted by molar-refractivity contribution is -0.146. The number of pyridine rings is 1. The van der Waals surface area contributed by atoms with Crippen LogP contribution in [-0.2, 0) is 16.1 Å². The molecule has 3 rings (SSSR count). The van der Waals surface area contributed by atoms with Crippen LogP contribution in [0.15, 0.2) is 52.8 Å². The number of nitrogens with zero attached hydrogens (tertiary/aromatic N) is 2. The molecule has 0 aliphatic rings. The van der Waals surface area contributed by atoms with Crippen LogP contribution in [0.4, 0.5) is 0 Å². The highest BCUT2D eigenvalue weighted by molar-refractivity contribution is 7.12. The van der Waals surface area contributed by atoms with E-state index in [1.165, 1.54) is 28.7 Å². The Kier molecular flexibility index (Phi) is 4.90. The van der Waals surface area contributed by atoms with Crippen LogP contribution in [0.3, 0.4) is 0 Å². The molecule has 128 valence electrons. The number of hydrogen-bond donors (Lipinski definition) is 1. The van der Waals surface area contributed by atoms with Gasteiger partial charge < -0.3 is 10.1 Å². The highest BCUT2D eigenvalue weighted by atomic mass is 32.1. The summed E-state index contributed by atoms with van der Waals surface area (Å²) in [7, 11) is 0. The number of amides is 1. The van der Waals surface area contributed by atoms with E-state index in [1.807, 2.05) is 0 Å². The van der Waals surface area contributed by atoms with E-state index in [1.54, 1.807) is 41.9 Å². The first-order valence-electron chi connectivity index (χ1n) is 7.53. The summed E-state index contributed by atoms with van der Waals surface area (Å²) < 4.78 is 6.55. The van der Waals surface area contributed by atoms with Crippen LogP contribution in [-0.4, -0.2) is 27.3 Å². The average Bonchev–Trinajstić information content (AvgIpc) is 3.14. The molecule has 1 atom stereocenters. The van der Waals surface area contributed by atoms with Gasteiger partial charge in [0.15, 0.2) is 0 Å². The second-order valence-electron chi connectivity index (χ2n) is 5.29. The van der Waals surface area contributed by atoms with E-state index in [9.17, 15) is 14.4 Å². The molecule has 1 unspecified atom stereocenters. The predicted octanol–water partition coefficient (Wildman–Crippen LogP) is 1.62. The van der Waals surface area contributed by atoms with Crippen molar-refractivity contribution in [2.24, 2.45) is 0 Å². The Labute approximate surface area is 146 Å². The van der Waals surface area contributed by atoms with Crippen LogP contribution >= 0.6 is 11.3 Å². The van der Waals surface area contributed by atoms with Crippen molar-refractivity contribution < 1.29 is 14.3 Å². The second kappa shape index (κ2) is 7.27. The number of esters is 1. The molecule has 7 nitrogen and oxygen atoms in total. The van der Waals surface area contributed by atoms with Crippen LogP contribution in [0.2, 0.25) is 0 Å². The normalized spacial score (nSPS) is 11.9. The van der Waals surface area contributed by atoms with Crippen molar-refractivity contribution in [1.29, 1.82) is 0 Å². The minimum atomic E-state index is -0.809. The molecule has 25 heavy (non-hydrogen) atoms. The molecule has 3 heterocycles. The fourth-order valence-corrected chi connectivity index (χ4v) is 2.81. The molecule has 1 N–H and O–H groups in total. The summed E-state index contributed by atoms with van der Waals surface area (Å²) in [4.78, 5) is 40.7. The van der Waals surface area contributed by atoms with Gasteiger partial charge in [0.25, 0.3) is 11.5 Å². The highest BCUT2D eigenvalue weighted by Gasteiger charge is 2.18. The Hall–Kier alpha value is -3.00. The van der Waals surface area contributed by atoms with Crippen molar-refractivity contribution in [2.75, 3.05) is 0 Å². The molecule has 8 heteroatoms. The summed E-state index contributed by atoms with van der Waals surface area (Å²) in [6.07, 6.45) is 1.61. The number of fused-ring (bicyclic) bond motifs is 1. The highest BCUT2D eigenvalue weighted by Crippen LogP contribution is 2.08. The van der Waals surface area contributed by atoms with Crippen LogP contribution in [0.25, 0.3) is 5.65 Å². The summed E-state index contributed by atoms with van der Waals surface area (Å²) in [6, 6.07) is 9.12. The molecule has 0 bridgehead atoms. The van der Waals surface area contributed by atoms with Gasteiger partial charge in [-0.15, -0.1) is 11.3 Å². The number of hydrogen-bond acceptors (Lipinski definition) is 6. The Morgan fingerprint density at radius 1 is 1.32 bits per heavy atom. The number of carbonyl (C=O) groups is 2. The molecule has 1 amide bonds. The lowest BCUT2D eigenvalue weighted by atomic mass is 10.3. The Morgan fingerprint density at radius 2 is 2.16 bits per heavy atom. The molecule has 0 aliphatic carbocycles. The molecule has 0 saturated heterocycles. The predicted molar refractivity (Wildman–Crippen MR) is 92.5 cm³/mol. The third-order valence-corrected chi connectivity index (χ3v) is 4.30. The van der Waals surface area contributed by atoms with Crippen molar-refractivity contribution in [3.63, 3.8) is 0 Å². The molecule has 0 spiro atoms. The molecule has 0 aromatic carbocycles. The van der Waals surface area contributed by atoms with Crippen molar-refractivity contribution >= 4 is 28.9 Å². The van der Waals surface area contributed by atoms with Gasteiger partial charge in [0, 0.05) is 12.3 Å². The summed E-state index contributed by atoms with van der Waals surface area (Å²) in [5.74, 6) is -0.929. The minimum Gasteiger partial charge on any atom is -0.458 e. The van der Waals surface area contributed by atoms with Crippen molar-refractivity contribution in [2.45, 2.75) is 19.6 Å². The van der Waals surface area contributed by atoms with Gasteiger partial charge in [-0.25, -0.2) is 9.78 Å². The lowest BCUT2D eigenvalue weighted by Crippen LogP contribution is -2.39. The Morgan fingerprint density at radius 3 is 2.92 bits per heavy atom. The quantitative estimate of drug-likeness (QED) is 0.701. The third-order valence-electron chi connectivity index (χ3n) is 3.43. The summed E-state index contributed by atoms with van der Waals surface area (Å²) in [5, 5.41) is 4.35. The monoisotopic (exact) mass is 357 g/mol. The molecule has 0 saturated carbocycles. The Bertz CT molecular complexity index is 965. The fourth-order valence-electron chi connectivity index (χ4n) is 2.18. The van der Waals surface area contributed by atoms with Crippen LogP contribution in [0, 0.1) is 0 Å². The van der Waals surface area contributed by atoms with E-state index in [0.29, 0.717) is 16.2 Å². The first-order chi connectivity index (χ1) is 12.0. The smallest absolute Gasteiger partial charge is 0.328 e. The first kappa shape index (κ1) is 16.8. The van der Waals surface area contributed by atoms with E-state index < -0.39 is 12.0 Å². The zero-order valence-electron chi connectivity index (χ0n) is 13.3. The van der Waals surface area contributed by atoms with Gasteiger partial charge in [0.2, 0.25) is 0 Å². The SMILES string of the molecule is CC(NC(=O)c1cccs1)C(=O)OCc1cc(=O)n2ccccc2n1. The van der Waals surface area contributed by atoms with Crippen molar-refractivity contribution in [3.8, 4) is 0 Å². The van der Waals surface area contributed by atoms with Gasteiger partial charge in [-0.05, 0) is 30.5 Å². The maximum atomic E-state index is 12.0. The maximum absolute atomic E-state index is 12.0. The number of thiophene rings is 1. The molecule has 0 radical (unpaired) electrons. The van der Waals surface area contributed by atoms with Gasteiger partial charge in [-0.3, -0.25) is 14.0 Å². The van der Waals surface area contributed by atoms with Gasteiger partial charge >= 0.3 is 5.97 Å². The molecular weight excluding hydrogens is 342 g/mol. The minimum absolute atomic E-state index is 0.140. The van der Waals surface area contributed by atoms with Crippen molar-refractivity contribution in [1.82, 2.24) is 14.7 Å². The topological polar surface area (TPSA) is 89.8 Å². The molecule has 3 aromatic heterocycles. The maximum Gasteiger partial charge on any atom is 0.328 e. The first-order valence-corrected chi connectivity index (χ1v) is 8.41. The number of carbonyl (C=O) groups excluding carboxylic acids is 2. The standard InChI is InChI=1S/C17H15N3O4S/c1-11(18-16(22)13-5-4-8-25-13)17(23)24-10-12-9-15(21)20-7-3-2-6-14(20)19-12/h2-9,11H,10H2,1H3,(H,18,22). The molecule has 0 aliphatic heterocycles. The number of nitrogens with one attached hydrogen (secondary N) is 1. The average molecular weight is 357 g/mol. The zero-order chi connectivity index (χ0) is 17.8. The largest absolute Gasteiger partial charge is 0.458 e. The zero-order valence-corrected chi connectivity index (χ0v) is 14.2. The van der Waals surface area contributed by atoms with E-state index in [-0.39, 0.29) is 18.1 Å². The van der Waals surface area contributed by atoms with E-state index in [2.05, 4.69) is 10.3 Å². The number of aromatic nitrogens is 2. The summed E-state index contributed by atoms with van der Waals surface area (Å²) in [6.45, 7) is 1.40. The molecular formula is C17H15N3O4S. The summed E-state index contributed by atoms with van der Waals surface area (Å²) in [5.41, 5.74) is 0.567. The molecule has 0 fully saturated rings. The lowest BCUT2D eigenvalue weighted by Gasteiger charge is -2.12. The summed E-state index contributed by atoms with van der Waals surface area (Å²) >= 11 is 1.29. The van der Waals surface area contributed by atoms with E-state index in [0.717, 1.165) is 0 Å². The van der Waals surface area contributed by atoms with Gasteiger partial charge in [0.1, 0.15) is 18.3 Å². The third kappa shape index (κ3) is 3.92. The number of ether oxygens (including phenoxy) is 1. The van der Waals surface area contributed by atoms with Crippen molar-refractivity contribution in [3.05, 3.63) is 68.9 Å². The molecule has 3 aromatic rings. The number of rotatable bonds is 5. The van der Waals surface area contributed by atoms with Gasteiger partial charge in [0.05, 0.1) is 10.6 Å². The Balaban J connectivity index is 1.62. The van der Waals surface area contributed by atoms with E-state index >= 15 is 0 Å². The van der Waals surface area contributed by atoms with Gasteiger partial charge in [-0.1, -0.05) is 12.1 Å². The van der Waals surface area contributed by atoms with Gasteiger partial charge in [-0.2, -0.15) is 0 Å². The van der Waals surface area contributed by atoms with Crippen LogP contribution < -0.4 is 10.9 Å². The second-order valence-corrected chi connectivity index (χ2v) is 6.24. The van der Waals surface area contributed by atoms with E-state index in [4.69, 9.17) is 4.74 Å². The fraction of sp³-hybridized carbons (Fsp3) is 0.176. The van der Waals surface area contributed by atoms with Crippen LogP contribution in [0.5, 0.6) is 0 Å².